The molecule has 0 aromatic carbocycles. The number of rotatable bonds is 9. The van der Waals surface area contributed by atoms with Crippen molar-refractivity contribution >= 4 is 10.2 Å². The fraction of sp³-hybridized carbons (Fsp3) is 1.00. The van der Waals surface area contributed by atoms with E-state index in [9.17, 15) is 8.42 Å². The number of piperidine rings is 1. The summed E-state index contributed by atoms with van der Waals surface area (Å²) in [5.74, 6) is 0.434. The van der Waals surface area contributed by atoms with E-state index in [0.29, 0.717) is 25.0 Å². The van der Waals surface area contributed by atoms with Gasteiger partial charge in [-0.25, -0.2) is 4.72 Å². The van der Waals surface area contributed by atoms with Crippen molar-refractivity contribution in [2.24, 2.45) is 5.92 Å². The van der Waals surface area contributed by atoms with E-state index in [-0.39, 0.29) is 0 Å². The van der Waals surface area contributed by atoms with Gasteiger partial charge in [-0.15, -0.1) is 0 Å². The summed E-state index contributed by atoms with van der Waals surface area (Å²) in [7, 11) is 0.431. The summed E-state index contributed by atoms with van der Waals surface area (Å²) in [4.78, 5) is 2.27. The van der Waals surface area contributed by atoms with E-state index < -0.39 is 10.2 Å². The average molecular weight is 318 g/mol. The van der Waals surface area contributed by atoms with E-state index in [1.165, 1.54) is 17.1 Å². The maximum Gasteiger partial charge on any atom is 0.279 e. The van der Waals surface area contributed by atoms with Gasteiger partial charge in [0.25, 0.3) is 10.2 Å². The Morgan fingerprint density at radius 2 is 2.05 bits per heavy atom. The van der Waals surface area contributed by atoms with Crippen molar-refractivity contribution in [3.63, 3.8) is 0 Å². The lowest BCUT2D eigenvalue weighted by Crippen LogP contribution is -2.44. The lowest BCUT2D eigenvalue weighted by Gasteiger charge is -2.30. The topological polar surface area (TPSA) is 64.7 Å². The van der Waals surface area contributed by atoms with E-state index in [4.69, 9.17) is 0 Å². The number of hydrogen-bond donors (Lipinski definition) is 2. The lowest BCUT2D eigenvalue weighted by atomic mass is 9.99. The zero-order valence-electron chi connectivity index (χ0n) is 13.3. The molecule has 0 amide bonds. The SMILES string of the molecule is CN1CCCC(CNS(=O)(=O)N(C)CCCNC2CC2)C1. The fourth-order valence-electron chi connectivity index (χ4n) is 2.79. The van der Waals surface area contributed by atoms with Gasteiger partial charge in [0.1, 0.15) is 0 Å². The quantitative estimate of drug-likeness (QED) is 0.598. The average Bonchev–Trinajstić information content (AvgIpc) is 3.25. The Labute approximate surface area is 129 Å². The van der Waals surface area contributed by atoms with Gasteiger partial charge in [-0.05, 0) is 58.2 Å². The van der Waals surface area contributed by atoms with Crippen LogP contribution in [0, 0.1) is 5.92 Å². The summed E-state index contributed by atoms with van der Waals surface area (Å²) in [6, 6.07) is 0.688. The highest BCUT2D eigenvalue weighted by Crippen LogP contribution is 2.18. The molecule has 0 radical (unpaired) electrons. The Morgan fingerprint density at radius 1 is 1.29 bits per heavy atom. The van der Waals surface area contributed by atoms with Gasteiger partial charge in [0, 0.05) is 32.7 Å². The Morgan fingerprint density at radius 3 is 2.71 bits per heavy atom. The highest BCUT2D eigenvalue weighted by atomic mass is 32.2. The third-order valence-electron chi connectivity index (χ3n) is 4.35. The molecular formula is C14H30N4O2S. The van der Waals surface area contributed by atoms with Crippen molar-refractivity contribution in [1.29, 1.82) is 0 Å². The highest BCUT2D eigenvalue weighted by Gasteiger charge is 2.23. The summed E-state index contributed by atoms with van der Waals surface area (Å²) < 4.78 is 28.6. The molecule has 0 bridgehead atoms. The van der Waals surface area contributed by atoms with Gasteiger partial charge < -0.3 is 10.2 Å². The fourth-order valence-corrected chi connectivity index (χ4v) is 3.82. The van der Waals surface area contributed by atoms with Crippen molar-refractivity contribution < 1.29 is 8.42 Å². The molecule has 7 heteroatoms. The molecular weight excluding hydrogens is 288 g/mol. The van der Waals surface area contributed by atoms with Crippen LogP contribution in [0.4, 0.5) is 0 Å². The van der Waals surface area contributed by atoms with Crippen LogP contribution in [0.3, 0.4) is 0 Å². The zero-order chi connectivity index (χ0) is 15.3. The molecule has 0 aromatic heterocycles. The minimum atomic E-state index is -3.33. The summed E-state index contributed by atoms with van der Waals surface area (Å²) in [5, 5.41) is 3.40. The predicted octanol–water partition coefficient (Wildman–Crippen LogP) is 0.237. The van der Waals surface area contributed by atoms with Crippen LogP contribution >= 0.6 is 0 Å². The van der Waals surface area contributed by atoms with Crippen LogP contribution in [-0.2, 0) is 10.2 Å². The lowest BCUT2D eigenvalue weighted by molar-refractivity contribution is 0.210. The van der Waals surface area contributed by atoms with Gasteiger partial charge in [0.05, 0.1) is 0 Å². The van der Waals surface area contributed by atoms with Gasteiger partial charge >= 0.3 is 0 Å². The molecule has 2 fully saturated rings. The molecule has 1 saturated carbocycles. The standard InChI is InChI=1S/C14H30N4O2S/c1-17-9-3-5-13(12-17)11-16-21(19,20)18(2)10-4-8-15-14-6-7-14/h13-16H,3-12H2,1-2H3. The molecule has 1 aliphatic heterocycles. The first-order valence-corrected chi connectivity index (χ1v) is 9.54. The third-order valence-corrected chi connectivity index (χ3v) is 5.88. The predicted molar refractivity (Wildman–Crippen MR) is 85.4 cm³/mol. The second kappa shape index (κ2) is 7.87. The largest absolute Gasteiger partial charge is 0.314 e. The van der Waals surface area contributed by atoms with Gasteiger partial charge in [-0.1, -0.05) is 0 Å². The van der Waals surface area contributed by atoms with E-state index in [0.717, 1.165) is 38.9 Å². The first kappa shape index (κ1) is 17.1. The molecule has 2 N–H and O–H groups in total. The van der Waals surface area contributed by atoms with Crippen LogP contribution < -0.4 is 10.0 Å². The van der Waals surface area contributed by atoms with Crippen LogP contribution in [0.1, 0.15) is 32.1 Å². The van der Waals surface area contributed by atoms with Crippen LogP contribution in [-0.4, -0.2) is 70.5 Å². The van der Waals surface area contributed by atoms with Crippen molar-refractivity contribution in [1.82, 2.24) is 19.2 Å². The molecule has 2 rings (SSSR count). The van der Waals surface area contributed by atoms with Crippen molar-refractivity contribution in [2.45, 2.75) is 38.1 Å². The molecule has 0 spiro atoms. The molecule has 1 atom stereocenters. The van der Waals surface area contributed by atoms with Gasteiger partial charge in [-0.2, -0.15) is 12.7 Å². The second-order valence-corrected chi connectivity index (χ2v) is 8.39. The second-order valence-electron chi connectivity index (χ2n) is 6.53. The van der Waals surface area contributed by atoms with Crippen molar-refractivity contribution in [2.75, 3.05) is 46.8 Å². The monoisotopic (exact) mass is 318 g/mol. The number of likely N-dealkylation sites (tertiary alicyclic amines) is 1. The molecule has 21 heavy (non-hydrogen) atoms. The zero-order valence-corrected chi connectivity index (χ0v) is 14.2. The highest BCUT2D eigenvalue weighted by molar-refractivity contribution is 7.87. The van der Waals surface area contributed by atoms with Crippen LogP contribution in [0.15, 0.2) is 0 Å². The normalized spacial score (nSPS) is 24.6. The minimum Gasteiger partial charge on any atom is -0.314 e. The molecule has 1 unspecified atom stereocenters. The summed E-state index contributed by atoms with van der Waals surface area (Å²) in [6.45, 7) is 4.13. The first-order chi connectivity index (χ1) is 9.97. The van der Waals surface area contributed by atoms with Crippen LogP contribution in [0.5, 0.6) is 0 Å². The molecule has 6 nitrogen and oxygen atoms in total. The molecule has 1 saturated heterocycles. The van der Waals surface area contributed by atoms with E-state index in [1.807, 2.05) is 0 Å². The molecule has 1 aliphatic carbocycles. The maximum absolute atomic E-state index is 12.2. The van der Waals surface area contributed by atoms with E-state index >= 15 is 0 Å². The Kier molecular flexibility index (Phi) is 6.43. The number of hydrogen-bond acceptors (Lipinski definition) is 4. The first-order valence-electron chi connectivity index (χ1n) is 8.10. The maximum atomic E-state index is 12.2. The van der Waals surface area contributed by atoms with Gasteiger partial charge in [-0.3, -0.25) is 0 Å². The minimum absolute atomic E-state index is 0.434. The van der Waals surface area contributed by atoms with Crippen LogP contribution in [0.25, 0.3) is 0 Å². The van der Waals surface area contributed by atoms with Crippen LogP contribution in [0.2, 0.25) is 0 Å². The number of nitrogens with zero attached hydrogens (tertiary/aromatic N) is 2. The van der Waals surface area contributed by atoms with Gasteiger partial charge in [0.15, 0.2) is 0 Å². The van der Waals surface area contributed by atoms with E-state index in [1.54, 1.807) is 7.05 Å². The molecule has 124 valence electrons. The van der Waals surface area contributed by atoms with Crippen molar-refractivity contribution in [3.8, 4) is 0 Å². The summed E-state index contributed by atoms with van der Waals surface area (Å²) >= 11 is 0. The van der Waals surface area contributed by atoms with E-state index in [2.05, 4.69) is 22.0 Å². The van der Waals surface area contributed by atoms with Gasteiger partial charge in [0.2, 0.25) is 0 Å². The Balaban J connectivity index is 1.64. The Hall–Kier alpha value is -0.210. The molecule has 2 aliphatic rings. The summed E-state index contributed by atoms with van der Waals surface area (Å²) in [5.41, 5.74) is 0. The Bertz CT molecular complexity index is 411. The number of nitrogens with one attached hydrogen (secondary N) is 2. The molecule has 1 heterocycles. The van der Waals surface area contributed by atoms with Crippen molar-refractivity contribution in [3.05, 3.63) is 0 Å². The summed E-state index contributed by atoms with van der Waals surface area (Å²) in [6.07, 6.45) is 5.67. The molecule has 0 aromatic rings. The smallest absolute Gasteiger partial charge is 0.279 e. The third kappa shape index (κ3) is 6.20.